The van der Waals surface area contributed by atoms with Crippen LogP contribution in [-0.4, -0.2) is 58.1 Å². The zero-order valence-corrected chi connectivity index (χ0v) is 17.6. The largest absolute Gasteiger partial charge is 0.480 e. The van der Waals surface area contributed by atoms with E-state index >= 15 is 0 Å². The molecule has 2 aliphatic heterocycles. The van der Waals surface area contributed by atoms with Crippen LogP contribution in [0.15, 0.2) is 24.3 Å². The third kappa shape index (κ3) is 4.54. The van der Waals surface area contributed by atoms with Gasteiger partial charge in [-0.2, -0.15) is 0 Å². The minimum Gasteiger partial charge on any atom is -0.480 e. The molecule has 158 valence electrons. The Morgan fingerprint density at radius 2 is 1.83 bits per heavy atom. The minimum absolute atomic E-state index is 0.117. The summed E-state index contributed by atoms with van der Waals surface area (Å²) in [5, 5.41) is 9.58. The van der Waals surface area contributed by atoms with Gasteiger partial charge in [-0.3, -0.25) is 4.79 Å². The number of carbonyl (C=O) groups is 3. The molecule has 0 unspecified atom stereocenters. The van der Waals surface area contributed by atoms with Gasteiger partial charge in [0.2, 0.25) is 5.91 Å². The molecule has 0 aliphatic carbocycles. The molecule has 1 fully saturated rings. The van der Waals surface area contributed by atoms with Crippen molar-refractivity contribution >= 4 is 18.0 Å². The highest BCUT2D eigenvalue weighted by Crippen LogP contribution is 2.31. The second-order valence-corrected chi connectivity index (χ2v) is 9.11. The first-order chi connectivity index (χ1) is 13.6. The van der Waals surface area contributed by atoms with Crippen molar-refractivity contribution in [1.29, 1.82) is 0 Å². The zero-order valence-electron chi connectivity index (χ0n) is 17.6. The predicted molar refractivity (Wildman–Crippen MR) is 107 cm³/mol. The number of aliphatic carboxylic acids is 1. The fourth-order valence-electron chi connectivity index (χ4n) is 3.85. The van der Waals surface area contributed by atoms with Crippen molar-refractivity contribution in [3.05, 3.63) is 35.4 Å². The molecule has 3 atom stereocenters. The van der Waals surface area contributed by atoms with E-state index in [0.29, 0.717) is 13.1 Å². The number of carboxylic acids is 1. The smallest absolute Gasteiger partial charge is 0.410 e. The number of ether oxygens (including phenoxy) is 1. The lowest BCUT2D eigenvalue weighted by atomic mass is 9.81. The highest BCUT2D eigenvalue weighted by molar-refractivity contribution is 5.86. The molecule has 29 heavy (non-hydrogen) atoms. The fourth-order valence-corrected chi connectivity index (χ4v) is 3.85. The van der Waals surface area contributed by atoms with E-state index in [0.717, 1.165) is 12.0 Å². The van der Waals surface area contributed by atoms with E-state index in [2.05, 4.69) is 6.07 Å². The minimum atomic E-state index is -1.06. The molecule has 1 N–H and O–H groups in total. The number of carboxylic acid groups (broad SMARTS) is 1. The van der Waals surface area contributed by atoms with Gasteiger partial charge in [0.25, 0.3) is 0 Å². The summed E-state index contributed by atoms with van der Waals surface area (Å²) in [5.41, 5.74) is 2.05. The van der Waals surface area contributed by atoms with Gasteiger partial charge in [-0.1, -0.05) is 52.0 Å². The van der Waals surface area contributed by atoms with E-state index in [9.17, 15) is 19.5 Å². The third-order valence-electron chi connectivity index (χ3n) is 6.16. The molecule has 2 aliphatic rings. The van der Waals surface area contributed by atoms with Crippen LogP contribution in [0.3, 0.4) is 0 Å². The SMILES string of the molecule is C[C@H](C(=O)N1C[C@H](OC(=O)N2CCc3ccccc3C2)C[C@H]1C(=O)O)C(C)(C)C. The Morgan fingerprint density at radius 1 is 1.17 bits per heavy atom. The van der Waals surface area contributed by atoms with Gasteiger partial charge in [-0.15, -0.1) is 0 Å². The number of carbonyl (C=O) groups excluding carboxylic acids is 2. The maximum Gasteiger partial charge on any atom is 0.410 e. The van der Waals surface area contributed by atoms with Crippen LogP contribution in [0.5, 0.6) is 0 Å². The maximum atomic E-state index is 12.9. The predicted octanol–water partition coefficient (Wildman–Crippen LogP) is 2.92. The van der Waals surface area contributed by atoms with Crippen molar-refractivity contribution in [2.75, 3.05) is 13.1 Å². The number of benzene rings is 1. The Balaban J connectivity index is 1.65. The van der Waals surface area contributed by atoms with Gasteiger partial charge in [0, 0.05) is 25.4 Å². The van der Waals surface area contributed by atoms with Gasteiger partial charge in [0.1, 0.15) is 12.1 Å². The number of hydrogen-bond acceptors (Lipinski definition) is 4. The average Bonchev–Trinajstić information content (AvgIpc) is 3.09. The first-order valence-corrected chi connectivity index (χ1v) is 10.1. The average molecular weight is 402 g/mol. The van der Waals surface area contributed by atoms with Crippen molar-refractivity contribution in [3.63, 3.8) is 0 Å². The molecule has 1 aromatic rings. The van der Waals surface area contributed by atoms with Crippen LogP contribution >= 0.6 is 0 Å². The highest BCUT2D eigenvalue weighted by atomic mass is 16.6. The summed E-state index contributed by atoms with van der Waals surface area (Å²) >= 11 is 0. The Hall–Kier alpha value is -2.57. The molecule has 1 saturated heterocycles. The Bertz CT molecular complexity index is 801. The number of amides is 2. The van der Waals surface area contributed by atoms with Crippen molar-refractivity contribution in [2.45, 2.75) is 59.2 Å². The molecule has 7 nitrogen and oxygen atoms in total. The van der Waals surface area contributed by atoms with Gasteiger partial charge in [0.15, 0.2) is 0 Å². The number of likely N-dealkylation sites (tertiary alicyclic amines) is 1. The van der Waals surface area contributed by atoms with Crippen LogP contribution in [0.2, 0.25) is 0 Å². The van der Waals surface area contributed by atoms with Gasteiger partial charge in [0.05, 0.1) is 6.54 Å². The first-order valence-electron chi connectivity index (χ1n) is 10.1. The number of fused-ring (bicyclic) bond motifs is 1. The monoisotopic (exact) mass is 402 g/mol. The molecule has 0 saturated carbocycles. The Kier molecular flexibility index (Phi) is 5.87. The van der Waals surface area contributed by atoms with E-state index < -0.39 is 24.2 Å². The standard InChI is InChI=1S/C22H30N2O5/c1-14(22(2,3)4)19(25)24-13-17(11-18(24)20(26)27)29-21(28)23-10-9-15-7-5-6-8-16(15)12-23/h5-8,14,17-18H,9-13H2,1-4H3,(H,26,27)/t14-,17-,18+/m1/s1. The molecule has 0 spiro atoms. The molecule has 0 bridgehead atoms. The zero-order chi connectivity index (χ0) is 21.3. The normalized spacial score (nSPS) is 22.8. The molecule has 0 radical (unpaired) electrons. The van der Waals surface area contributed by atoms with Crippen molar-refractivity contribution in [1.82, 2.24) is 9.80 Å². The summed E-state index contributed by atoms with van der Waals surface area (Å²) in [6, 6.07) is 7.03. The van der Waals surface area contributed by atoms with Crippen LogP contribution in [0.1, 0.15) is 45.2 Å². The Labute approximate surface area is 171 Å². The van der Waals surface area contributed by atoms with Crippen LogP contribution < -0.4 is 0 Å². The van der Waals surface area contributed by atoms with E-state index in [-0.39, 0.29) is 30.2 Å². The van der Waals surface area contributed by atoms with Crippen molar-refractivity contribution < 1.29 is 24.2 Å². The summed E-state index contributed by atoms with van der Waals surface area (Å²) in [4.78, 5) is 40.3. The number of hydrogen-bond donors (Lipinski definition) is 1. The van der Waals surface area contributed by atoms with E-state index in [4.69, 9.17) is 4.74 Å². The van der Waals surface area contributed by atoms with E-state index in [1.807, 2.05) is 45.9 Å². The van der Waals surface area contributed by atoms with E-state index in [1.165, 1.54) is 10.5 Å². The maximum absolute atomic E-state index is 12.9. The second kappa shape index (κ2) is 8.05. The molecule has 7 heteroatoms. The van der Waals surface area contributed by atoms with Gasteiger partial charge in [-0.05, 0) is 23.0 Å². The van der Waals surface area contributed by atoms with Crippen LogP contribution in [0, 0.1) is 11.3 Å². The lowest BCUT2D eigenvalue weighted by molar-refractivity contribution is -0.151. The molecule has 0 aromatic heterocycles. The molecule has 1 aromatic carbocycles. The quantitative estimate of drug-likeness (QED) is 0.840. The third-order valence-corrected chi connectivity index (χ3v) is 6.16. The molecule has 2 heterocycles. The first kappa shape index (κ1) is 21.1. The molecular weight excluding hydrogens is 372 g/mol. The van der Waals surface area contributed by atoms with Gasteiger partial charge < -0.3 is 19.6 Å². The van der Waals surface area contributed by atoms with Crippen molar-refractivity contribution in [3.8, 4) is 0 Å². The second-order valence-electron chi connectivity index (χ2n) is 9.11. The van der Waals surface area contributed by atoms with Gasteiger partial charge >= 0.3 is 12.1 Å². The number of rotatable bonds is 3. The van der Waals surface area contributed by atoms with Crippen LogP contribution in [0.25, 0.3) is 0 Å². The lowest BCUT2D eigenvalue weighted by Crippen LogP contribution is -2.46. The summed E-state index contributed by atoms with van der Waals surface area (Å²) in [6.45, 7) is 8.83. The van der Waals surface area contributed by atoms with Gasteiger partial charge in [-0.25, -0.2) is 9.59 Å². The number of nitrogens with zero attached hydrogens (tertiary/aromatic N) is 2. The molecule has 2 amide bonds. The summed E-state index contributed by atoms with van der Waals surface area (Å²) in [7, 11) is 0. The molecular formula is C22H30N2O5. The lowest BCUT2D eigenvalue weighted by Gasteiger charge is -2.32. The summed E-state index contributed by atoms with van der Waals surface area (Å²) < 4.78 is 5.62. The fraction of sp³-hybridized carbons (Fsp3) is 0.591. The van der Waals surface area contributed by atoms with Crippen molar-refractivity contribution in [2.24, 2.45) is 11.3 Å². The Morgan fingerprint density at radius 3 is 2.45 bits per heavy atom. The van der Waals surface area contributed by atoms with Crippen LogP contribution in [0.4, 0.5) is 4.79 Å². The highest BCUT2D eigenvalue weighted by Gasteiger charge is 2.44. The summed E-state index contributed by atoms with van der Waals surface area (Å²) in [5.74, 6) is -1.61. The molecule has 3 rings (SSSR count). The summed E-state index contributed by atoms with van der Waals surface area (Å²) in [6.07, 6.45) is -0.182. The van der Waals surface area contributed by atoms with Crippen LogP contribution in [-0.2, 0) is 27.3 Å². The topological polar surface area (TPSA) is 87.2 Å². The van der Waals surface area contributed by atoms with E-state index in [1.54, 1.807) is 4.90 Å².